The highest BCUT2D eigenvalue weighted by Crippen LogP contribution is 2.25. The summed E-state index contributed by atoms with van der Waals surface area (Å²) in [5.41, 5.74) is -0.403. The number of allylic oxidation sites excluding steroid dienone is 2. The first kappa shape index (κ1) is 15.2. The van der Waals surface area contributed by atoms with E-state index in [0.29, 0.717) is 24.9 Å². The van der Waals surface area contributed by atoms with Gasteiger partial charge in [0.25, 0.3) is 0 Å². The summed E-state index contributed by atoms with van der Waals surface area (Å²) in [7, 11) is 0. The predicted molar refractivity (Wildman–Crippen MR) is 72.3 cm³/mol. The molecule has 3 heteroatoms. The average molecular weight is 254 g/mol. The molecular formula is C15H26O3. The summed E-state index contributed by atoms with van der Waals surface area (Å²) in [6.07, 6.45) is 7.03. The predicted octanol–water partition coefficient (Wildman–Crippen LogP) is 3.34. The zero-order valence-electron chi connectivity index (χ0n) is 12.1. The molecule has 0 aromatic carbocycles. The van der Waals surface area contributed by atoms with Crippen molar-refractivity contribution in [2.24, 2.45) is 11.8 Å². The van der Waals surface area contributed by atoms with Gasteiger partial charge in [-0.3, -0.25) is 4.79 Å². The third-order valence-electron chi connectivity index (χ3n) is 3.12. The number of hydrogen-bond donors (Lipinski definition) is 0. The number of hydrogen-bond acceptors (Lipinski definition) is 3. The molecule has 0 N–H and O–H groups in total. The van der Waals surface area contributed by atoms with Crippen molar-refractivity contribution in [1.82, 2.24) is 0 Å². The molecule has 0 saturated heterocycles. The molecule has 1 aliphatic rings. The lowest BCUT2D eigenvalue weighted by molar-refractivity contribution is -0.156. The van der Waals surface area contributed by atoms with Crippen molar-refractivity contribution >= 4 is 5.97 Å². The summed E-state index contributed by atoms with van der Waals surface area (Å²) in [5.74, 6) is 1.09. The Morgan fingerprint density at radius 3 is 2.56 bits per heavy atom. The van der Waals surface area contributed by atoms with Crippen LogP contribution in [0.1, 0.15) is 47.0 Å². The molecule has 104 valence electrons. The van der Waals surface area contributed by atoms with Crippen LogP contribution in [0.3, 0.4) is 0 Å². The lowest BCUT2D eigenvalue weighted by Crippen LogP contribution is -2.25. The van der Waals surface area contributed by atoms with Crippen LogP contribution in [0.4, 0.5) is 0 Å². The summed E-state index contributed by atoms with van der Waals surface area (Å²) in [5, 5.41) is 0. The molecule has 2 atom stereocenters. The van der Waals surface area contributed by atoms with Crippen LogP contribution in [0.5, 0.6) is 0 Å². The highest BCUT2D eigenvalue weighted by Gasteiger charge is 2.19. The summed E-state index contributed by atoms with van der Waals surface area (Å²) in [4.78, 5) is 11.5. The van der Waals surface area contributed by atoms with Crippen molar-refractivity contribution in [1.29, 1.82) is 0 Å². The summed E-state index contributed by atoms with van der Waals surface area (Å²) in [6, 6.07) is 0. The Morgan fingerprint density at radius 2 is 1.94 bits per heavy atom. The topological polar surface area (TPSA) is 35.5 Å². The first-order valence-corrected chi connectivity index (χ1v) is 6.83. The minimum Gasteiger partial charge on any atom is -0.460 e. The van der Waals surface area contributed by atoms with Crippen molar-refractivity contribution < 1.29 is 14.3 Å². The summed E-state index contributed by atoms with van der Waals surface area (Å²) in [6.45, 7) is 9.09. The van der Waals surface area contributed by atoms with Crippen LogP contribution in [0.2, 0.25) is 0 Å². The van der Waals surface area contributed by atoms with E-state index in [-0.39, 0.29) is 5.97 Å². The van der Waals surface area contributed by atoms with E-state index in [9.17, 15) is 4.79 Å². The number of ether oxygens (including phenoxy) is 2. The van der Waals surface area contributed by atoms with E-state index in [4.69, 9.17) is 9.47 Å². The van der Waals surface area contributed by atoms with Crippen LogP contribution in [-0.4, -0.2) is 24.8 Å². The molecule has 0 amide bonds. The zero-order valence-corrected chi connectivity index (χ0v) is 12.1. The second-order valence-electron chi connectivity index (χ2n) is 6.09. The van der Waals surface area contributed by atoms with Crippen LogP contribution in [0.25, 0.3) is 0 Å². The van der Waals surface area contributed by atoms with Crippen LogP contribution >= 0.6 is 0 Å². The standard InChI is InChI=1S/C15H26O3/c1-12-7-5-6-8-13(12)11-17-10-9-14(16)18-15(2,3)4/h5-6,12-13H,7-11H2,1-4H3. The van der Waals surface area contributed by atoms with Gasteiger partial charge in [-0.1, -0.05) is 19.1 Å². The largest absolute Gasteiger partial charge is 0.460 e. The molecule has 0 heterocycles. The molecule has 2 unspecified atom stereocenters. The lowest BCUT2D eigenvalue weighted by Gasteiger charge is -2.25. The molecule has 1 aliphatic carbocycles. The van der Waals surface area contributed by atoms with Gasteiger partial charge < -0.3 is 9.47 Å². The van der Waals surface area contributed by atoms with Gasteiger partial charge in [0.2, 0.25) is 0 Å². The van der Waals surface area contributed by atoms with Crippen LogP contribution in [0, 0.1) is 11.8 Å². The van der Waals surface area contributed by atoms with Gasteiger partial charge in [0.05, 0.1) is 13.0 Å². The lowest BCUT2D eigenvalue weighted by atomic mass is 9.85. The minimum atomic E-state index is -0.403. The average Bonchev–Trinajstić information content (AvgIpc) is 2.24. The van der Waals surface area contributed by atoms with E-state index in [1.807, 2.05) is 20.8 Å². The molecule has 3 nitrogen and oxygen atoms in total. The number of esters is 1. The first-order chi connectivity index (χ1) is 8.38. The Bertz CT molecular complexity index is 289. The molecule has 18 heavy (non-hydrogen) atoms. The highest BCUT2D eigenvalue weighted by atomic mass is 16.6. The van der Waals surface area contributed by atoms with Crippen LogP contribution in [0.15, 0.2) is 12.2 Å². The number of carbonyl (C=O) groups excluding carboxylic acids is 1. The molecule has 0 saturated carbocycles. The van der Waals surface area contributed by atoms with Gasteiger partial charge in [-0.05, 0) is 45.4 Å². The molecule has 0 aromatic heterocycles. The Balaban J connectivity index is 2.11. The normalized spacial score (nSPS) is 24.0. The summed E-state index contributed by atoms with van der Waals surface area (Å²) < 4.78 is 10.8. The Kier molecular flexibility index (Phi) is 5.86. The molecule has 1 rings (SSSR count). The fraction of sp³-hybridized carbons (Fsp3) is 0.800. The molecule has 0 aromatic rings. The molecular weight excluding hydrogens is 228 g/mol. The van der Waals surface area contributed by atoms with Crippen molar-refractivity contribution in [2.75, 3.05) is 13.2 Å². The maximum absolute atomic E-state index is 11.5. The van der Waals surface area contributed by atoms with E-state index >= 15 is 0 Å². The fourth-order valence-corrected chi connectivity index (χ4v) is 2.02. The van der Waals surface area contributed by atoms with E-state index in [1.54, 1.807) is 0 Å². The fourth-order valence-electron chi connectivity index (χ4n) is 2.02. The van der Waals surface area contributed by atoms with Crippen molar-refractivity contribution in [3.05, 3.63) is 12.2 Å². The maximum Gasteiger partial charge on any atom is 0.308 e. The van der Waals surface area contributed by atoms with Gasteiger partial charge in [-0.2, -0.15) is 0 Å². The molecule has 0 aliphatic heterocycles. The molecule has 0 fully saturated rings. The molecule has 0 radical (unpaired) electrons. The van der Waals surface area contributed by atoms with E-state index < -0.39 is 5.60 Å². The van der Waals surface area contributed by atoms with E-state index in [0.717, 1.165) is 19.4 Å². The van der Waals surface area contributed by atoms with E-state index in [1.165, 1.54) is 0 Å². The monoisotopic (exact) mass is 254 g/mol. The third kappa shape index (κ3) is 6.20. The van der Waals surface area contributed by atoms with Gasteiger partial charge in [-0.15, -0.1) is 0 Å². The molecule has 0 spiro atoms. The Labute approximate surface area is 111 Å². The first-order valence-electron chi connectivity index (χ1n) is 6.83. The van der Waals surface area contributed by atoms with Crippen molar-refractivity contribution in [3.8, 4) is 0 Å². The second kappa shape index (κ2) is 6.93. The SMILES string of the molecule is CC1CC=CCC1COCCC(=O)OC(C)(C)C. The van der Waals surface area contributed by atoms with Gasteiger partial charge >= 0.3 is 5.97 Å². The quantitative estimate of drug-likeness (QED) is 0.429. The van der Waals surface area contributed by atoms with Crippen LogP contribution in [-0.2, 0) is 14.3 Å². The van der Waals surface area contributed by atoms with Gasteiger partial charge in [0, 0.05) is 6.61 Å². The number of rotatable bonds is 5. The number of carbonyl (C=O) groups is 1. The smallest absolute Gasteiger partial charge is 0.308 e. The third-order valence-corrected chi connectivity index (χ3v) is 3.12. The van der Waals surface area contributed by atoms with E-state index in [2.05, 4.69) is 19.1 Å². The van der Waals surface area contributed by atoms with Gasteiger partial charge in [-0.25, -0.2) is 0 Å². The zero-order chi connectivity index (χ0) is 13.6. The minimum absolute atomic E-state index is 0.181. The second-order valence-corrected chi connectivity index (χ2v) is 6.09. The van der Waals surface area contributed by atoms with Gasteiger partial charge in [0.15, 0.2) is 0 Å². The van der Waals surface area contributed by atoms with Crippen molar-refractivity contribution in [2.45, 2.75) is 52.6 Å². The maximum atomic E-state index is 11.5. The van der Waals surface area contributed by atoms with Gasteiger partial charge in [0.1, 0.15) is 5.60 Å². The highest BCUT2D eigenvalue weighted by molar-refractivity contribution is 5.69. The Morgan fingerprint density at radius 1 is 1.28 bits per heavy atom. The Hall–Kier alpha value is -0.830. The summed E-state index contributed by atoms with van der Waals surface area (Å²) >= 11 is 0. The van der Waals surface area contributed by atoms with Crippen LogP contribution < -0.4 is 0 Å². The molecule has 0 bridgehead atoms. The van der Waals surface area contributed by atoms with Crippen molar-refractivity contribution in [3.63, 3.8) is 0 Å².